The molecule has 1 aliphatic heterocycles. The van der Waals surface area contributed by atoms with E-state index in [2.05, 4.69) is 17.5 Å². The van der Waals surface area contributed by atoms with E-state index in [0.717, 1.165) is 31.6 Å². The maximum absolute atomic E-state index is 5.97. The van der Waals surface area contributed by atoms with Crippen LogP contribution in [0.3, 0.4) is 0 Å². The summed E-state index contributed by atoms with van der Waals surface area (Å²) in [6, 6.07) is 5.69. The molecule has 0 spiro atoms. The summed E-state index contributed by atoms with van der Waals surface area (Å²) in [5.41, 5.74) is 1.12. The number of nitrogens with zero attached hydrogens (tertiary/aromatic N) is 1. The van der Waals surface area contributed by atoms with Gasteiger partial charge in [0.15, 0.2) is 0 Å². The van der Waals surface area contributed by atoms with Gasteiger partial charge in [0.2, 0.25) is 0 Å². The van der Waals surface area contributed by atoms with Gasteiger partial charge in [-0.05, 0) is 31.0 Å². The summed E-state index contributed by atoms with van der Waals surface area (Å²) >= 11 is 16.4. The van der Waals surface area contributed by atoms with E-state index in [9.17, 15) is 0 Å². The molecule has 15 heavy (non-hydrogen) atoms. The molecule has 0 amide bonds. The van der Waals surface area contributed by atoms with E-state index in [1.807, 2.05) is 12.1 Å². The van der Waals surface area contributed by atoms with Crippen molar-refractivity contribution in [3.05, 3.63) is 28.2 Å². The van der Waals surface area contributed by atoms with Gasteiger partial charge in [-0.1, -0.05) is 23.2 Å². The number of rotatable bonds is 1. The fourth-order valence-corrected chi connectivity index (χ4v) is 2.59. The van der Waals surface area contributed by atoms with Gasteiger partial charge in [0.1, 0.15) is 0 Å². The fraction of sp³-hybridized carbons (Fsp3) is 0.455. The third-order valence-electron chi connectivity index (χ3n) is 2.68. The lowest BCUT2D eigenvalue weighted by Gasteiger charge is -2.31. The van der Waals surface area contributed by atoms with Gasteiger partial charge in [-0.15, -0.1) is 0 Å². The second-order valence-electron chi connectivity index (χ2n) is 3.85. The van der Waals surface area contributed by atoms with Crippen LogP contribution in [-0.4, -0.2) is 18.3 Å². The van der Waals surface area contributed by atoms with Crippen molar-refractivity contribution < 1.29 is 0 Å². The summed E-state index contributed by atoms with van der Waals surface area (Å²) in [7, 11) is 0. The van der Waals surface area contributed by atoms with Crippen LogP contribution in [0, 0.1) is 0 Å². The number of piperidine rings is 1. The maximum atomic E-state index is 5.97. The molecule has 82 valence electrons. The topological polar surface area (TPSA) is 3.24 Å². The lowest BCUT2D eigenvalue weighted by Crippen LogP contribution is -2.33. The van der Waals surface area contributed by atoms with Crippen LogP contribution in [0.15, 0.2) is 18.2 Å². The minimum Gasteiger partial charge on any atom is -0.371 e. The number of hydrogen-bond acceptors (Lipinski definition) is 2. The van der Waals surface area contributed by atoms with Gasteiger partial charge in [-0.25, -0.2) is 0 Å². The van der Waals surface area contributed by atoms with Crippen molar-refractivity contribution in [3.8, 4) is 0 Å². The molecule has 1 fully saturated rings. The number of thiol groups is 1. The minimum absolute atomic E-state index is 0.538. The molecule has 0 aromatic heterocycles. The van der Waals surface area contributed by atoms with Crippen LogP contribution >= 0.6 is 35.8 Å². The van der Waals surface area contributed by atoms with E-state index in [1.54, 1.807) is 6.07 Å². The minimum atomic E-state index is 0.538. The van der Waals surface area contributed by atoms with Crippen LogP contribution in [0.1, 0.15) is 12.8 Å². The predicted molar refractivity (Wildman–Crippen MR) is 70.7 cm³/mol. The van der Waals surface area contributed by atoms with E-state index in [4.69, 9.17) is 23.2 Å². The highest BCUT2D eigenvalue weighted by Gasteiger charge is 2.16. The average molecular weight is 262 g/mol. The Hall–Kier alpha value is -0.0500. The Morgan fingerprint density at radius 2 is 1.60 bits per heavy atom. The molecule has 1 aromatic rings. The van der Waals surface area contributed by atoms with Crippen LogP contribution in [-0.2, 0) is 0 Å². The number of anilines is 1. The number of hydrogen-bond donors (Lipinski definition) is 1. The molecular weight excluding hydrogens is 249 g/mol. The normalized spacial score (nSPS) is 18.2. The van der Waals surface area contributed by atoms with E-state index >= 15 is 0 Å². The third kappa shape index (κ3) is 2.96. The van der Waals surface area contributed by atoms with Gasteiger partial charge in [0.25, 0.3) is 0 Å². The summed E-state index contributed by atoms with van der Waals surface area (Å²) in [5.74, 6) is 0. The Bertz CT molecular complexity index is 328. The van der Waals surface area contributed by atoms with Crippen LogP contribution in [0.25, 0.3) is 0 Å². The third-order valence-corrected chi connectivity index (χ3v) is 3.63. The summed E-state index contributed by atoms with van der Waals surface area (Å²) in [5, 5.41) is 1.94. The standard InChI is InChI=1S/C11H13Cl2NS/c12-8-5-9(13)7-10(6-8)14-3-1-11(15)2-4-14/h5-7,11,15H,1-4H2. The van der Waals surface area contributed by atoms with Crippen LogP contribution < -0.4 is 4.90 Å². The molecule has 2 rings (SSSR count). The van der Waals surface area contributed by atoms with Crippen molar-refractivity contribution in [1.29, 1.82) is 0 Å². The number of halogens is 2. The van der Waals surface area contributed by atoms with Crippen molar-refractivity contribution in [1.82, 2.24) is 0 Å². The Balaban J connectivity index is 2.15. The van der Waals surface area contributed by atoms with Crippen LogP contribution in [0.2, 0.25) is 10.0 Å². The van der Waals surface area contributed by atoms with E-state index in [-0.39, 0.29) is 0 Å². The summed E-state index contributed by atoms with van der Waals surface area (Å²) < 4.78 is 0. The first-order chi connectivity index (χ1) is 7.15. The van der Waals surface area contributed by atoms with Gasteiger partial charge in [0.05, 0.1) is 0 Å². The van der Waals surface area contributed by atoms with Crippen molar-refractivity contribution in [2.75, 3.05) is 18.0 Å². The van der Waals surface area contributed by atoms with E-state index < -0.39 is 0 Å². The zero-order valence-electron chi connectivity index (χ0n) is 8.29. The Kier molecular flexibility index (Phi) is 3.70. The van der Waals surface area contributed by atoms with Crippen LogP contribution in [0.4, 0.5) is 5.69 Å². The Morgan fingerprint density at radius 3 is 2.13 bits per heavy atom. The lowest BCUT2D eigenvalue weighted by atomic mass is 10.1. The molecule has 0 saturated carbocycles. The van der Waals surface area contributed by atoms with Gasteiger partial charge in [-0.2, -0.15) is 12.6 Å². The SMILES string of the molecule is SC1CCN(c2cc(Cl)cc(Cl)c2)CC1. The first-order valence-electron chi connectivity index (χ1n) is 5.04. The van der Waals surface area contributed by atoms with Crippen molar-refractivity contribution in [2.24, 2.45) is 0 Å². The highest BCUT2D eigenvalue weighted by atomic mass is 35.5. The Morgan fingerprint density at radius 1 is 1.07 bits per heavy atom. The van der Waals surface area contributed by atoms with Crippen molar-refractivity contribution in [2.45, 2.75) is 18.1 Å². The predicted octanol–water partition coefficient (Wildman–Crippen LogP) is 3.89. The second kappa shape index (κ2) is 4.86. The largest absolute Gasteiger partial charge is 0.371 e. The Labute approximate surface area is 106 Å². The fourth-order valence-electron chi connectivity index (χ4n) is 1.85. The molecule has 1 heterocycles. The molecule has 1 nitrogen and oxygen atoms in total. The smallest absolute Gasteiger partial charge is 0.0441 e. The molecule has 0 atom stereocenters. The average Bonchev–Trinajstić information content (AvgIpc) is 2.17. The van der Waals surface area contributed by atoms with Crippen molar-refractivity contribution in [3.63, 3.8) is 0 Å². The van der Waals surface area contributed by atoms with Gasteiger partial charge in [0, 0.05) is 34.1 Å². The molecule has 1 saturated heterocycles. The van der Waals surface area contributed by atoms with E-state index in [0.29, 0.717) is 15.3 Å². The zero-order chi connectivity index (χ0) is 10.8. The first kappa shape index (κ1) is 11.4. The van der Waals surface area contributed by atoms with Gasteiger partial charge in [-0.3, -0.25) is 0 Å². The highest BCUT2D eigenvalue weighted by Crippen LogP contribution is 2.28. The first-order valence-corrected chi connectivity index (χ1v) is 6.31. The van der Waals surface area contributed by atoms with Gasteiger partial charge < -0.3 is 4.90 Å². The molecule has 0 bridgehead atoms. The molecule has 1 aliphatic rings. The highest BCUT2D eigenvalue weighted by molar-refractivity contribution is 7.80. The zero-order valence-corrected chi connectivity index (χ0v) is 10.7. The molecular formula is C11H13Cl2NS. The lowest BCUT2D eigenvalue weighted by molar-refractivity contribution is 0.593. The molecule has 1 aromatic carbocycles. The molecule has 0 radical (unpaired) electrons. The molecule has 0 N–H and O–H groups in total. The quantitative estimate of drug-likeness (QED) is 0.751. The molecule has 0 aliphatic carbocycles. The van der Waals surface area contributed by atoms with E-state index in [1.165, 1.54) is 0 Å². The molecule has 4 heteroatoms. The summed E-state index contributed by atoms with van der Waals surface area (Å²) in [6.07, 6.45) is 2.24. The van der Waals surface area contributed by atoms with Gasteiger partial charge >= 0.3 is 0 Å². The van der Waals surface area contributed by atoms with Crippen LogP contribution in [0.5, 0.6) is 0 Å². The monoisotopic (exact) mass is 261 g/mol. The maximum Gasteiger partial charge on any atom is 0.0441 e. The molecule has 0 unspecified atom stereocenters. The van der Waals surface area contributed by atoms with Crippen molar-refractivity contribution >= 4 is 41.5 Å². The summed E-state index contributed by atoms with van der Waals surface area (Å²) in [6.45, 7) is 2.07. The second-order valence-corrected chi connectivity index (χ2v) is 5.45. The number of benzene rings is 1. The summed E-state index contributed by atoms with van der Waals surface area (Å²) in [4.78, 5) is 2.31.